The van der Waals surface area contributed by atoms with Gasteiger partial charge in [0, 0.05) is 25.1 Å². The quantitative estimate of drug-likeness (QED) is 0.803. The molecule has 0 atom stereocenters. The molecule has 94 valence electrons. The van der Waals surface area contributed by atoms with E-state index in [9.17, 15) is 4.79 Å². The van der Waals surface area contributed by atoms with E-state index in [1.165, 1.54) is 12.8 Å². The molecule has 0 N–H and O–H groups in total. The average Bonchev–Trinajstić information content (AvgIpc) is 2.77. The molecule has 1 aromatic heterocycles. The number of hydrogen-bond donors (Lipinski definition) is 0. The van der Waals surface area contributed by atoms with Crippen molar-refractivity contribution < 1.29 is 4.79 Å². The number of carbonyl (C=O) groups excluding carboxylic acids is 1. The predicted molar refractivity (Wildman–Crippen MR) is 67.7 cm³/mol. The Kier molecular flexibility index (Phi) is 3.97. The lowest BCUT2D eigenvalue weighted by molar-refractivity contribution is -0.123. The summed E-state index contributed by atoms with van der Waals surface area (Å²) >= 11 is 0. The van der Waals surface area contributed by atoms with Crippen molar-refractivity contribution in [2.24, 2.45) is 11.8 Å². The van der Waals surface area contributed by atoms with E-state index in [2.05, 4.69) is 18.9 Å². The van der Waals surface area contributed by atoms with Crippen LogP contribution >= 0.6 is 0 Å². The molecule has 0 radical (unpaired) electrons. The topological polar surface area (TPSA) is 34.9 Å². The van der Waals surface area contributed by atoms with Crippen molar-refractivity contribution in [1.29, 1.82) is 0 Å². The Labute approximate surface area is 103 Å². The third-order valence-corrected chi connectivity index (χ3v) is 3.86. The van der Waals surface area contributed by atoms with Crippen molar-refractivity contribution >= 4 is 5.78 Å². The first-order chi connectivity index (χ1) is 8.19. The molecule has 0 aliphatic heterocycles. The maximum Gasteiger partial charge on any atom is 0.140 e. The third kappa shape index (κ3) is 3.18. The van der Waals surface area contributed by atoms with Gasteiger partial charge in [-0.15, -0.1) is 0 Å². The number of nitrogens with zero attached hydrogens (tertiary/aromatic N) is 2. The minimum absolute atomic E-state index is 0.302. The van der Waals surface area contributed by atoms with Crippen molar-refractivity contribution in [3.63, 3.8) is 0 Å². The molecule has 0 unspecified atom stereocenters. The Morgan fingerprint density at radius 3 is 2.71 bits per heavy atom. The molecule has 3 nitrogen and oxygen atoms in total. The maximum absolute atomic E-state index is 12.1. The second-order valence-electron chi connectivity index (χ2n) is 5.30. The molecule has 0 bridgehead atoms. The summed E-state index contributed by atoms with van der Waals surface area (Å²) < 4.78 is 1.88. The van der Waals surface area contributed by atoms with Gasteiger partial charge >= 0.3 is 0 Å². The first-order valence-electron chi connectivity index (χ1n) is 6.73. The van der Waals surface area contributed by atoms with Crippen LogP contribution in [-0.2, 0) is 17.8 Å². The zero-order chi connectivity index (χ0) is 12.3. The van der Waals surface area contributed by atoms with Crippen LogP contribution in [0.1, 0.15) is 45.1 Å². The second kappa shape index (κ2) is 5.48. The Hall–Kier alpha value is -1.12. The number of ketones is 1. The van der Waals surface area contributed by atoms with Crippen LogP contribution in [-0.4, -0.2) is 15.6 Å². The lowest BCUT2D eigenvalue weighted by Gasteiger charge is -2.24. The molecule has 2 rings (SSSR count). The van der Waals surface area contributed by atoms with Crippen LogP contribution in [0.2, 0.25) is 0 Å². The summed E-state index contributed by atoms with van der Waals surface area (Å²) in [5.41, 5.74) is 1.07. The first-order valence-corrected chi connectivity index (χ1v) is 6.73. The summed E-state index contributed by atoms with van der Waals surface area (Å²) in [5, 5.41) is 4.21. The molecule has 1 saturated carbocycles. The molecule has 1 fully saturated rings. The zero-order valence-electron chi connectivity index (χ0n) is 10.9. The molecule has 1 aliphatic carbocycles. The number of aromatic nitrogens is 2. The van der Waals surface area contributed by atoms with Crippen molar-refractivity contribution in [2.45, 2.75) is 52.5 Å². The van der Waals surface area contributed by atoms with Crippen molar-refractivity contribution in [1.82, 2.24) is 9.78 Å². The van der Waals surface area contributed by atoms with E-state index < -0.39 is 0 Å². The van der Waals surface area contributed by atoms with Crippen LogP contribution in [0.4, 0.5) is 0 Å². The molecule has 0 saturated heterocycles. The normalized spacial score (nSPS) is 24.8. The van der Waals surface area contributed by atoms with E-state index in [-0.39, 0.29) is 0 Å². The lowest BCUT2D eigenvalue weighted by atomic mass is 9.80. The average molecular weight is 234 g/mol. The summed E-state index contributed by atoms with van der Waals surface area (Å²) in [7, 11) is 0. The molecular formula is C14H22N2O. The summed E-state index contributed by atoms with van der Waals surface area (Å²) in [4.78, 5) is 12.1. The molecule has 1 heterocycles. The highest BCUT2D eigenvalue weighted by atomic mass is 16.1. The van der Waals surface area contributed by atoms with Gasteiger partial charge in [-0.2, -0.15) is 5.10 Å². The maximum atomic E-state index is 12.1. The van der Waals surface area contributed by atoms with E-state index in [4.69, 9.17) is 0 Å². The Morgan fingerprint density at radius 2 is 2.12 bits per heavy atom. The van der Waals surface area contributed by atoms with Crippen LogP contribution in [0.25, 0.3) is 0 Å². The van der Waals surface area contributed by atoms with Gasteiger partial charge in [-0.3, -0.25) is 9.48 Å². The van der Waals surface area contributed by atoms with Crippen LogP contribution in [0.3, 0.4) is 0 Å². The highest BCUT2D eigenvalue weighted by Crippen LogP contribution is 2.29. The van der Waals surface area contributed by atoms with Gasteiger partial charge in [0.1, 0.15) is 5.78 Å². The Balaban J connectivity index is 1.88. The first kappa shape index (κ1) is 12.3. The van der Waals surface area contributed by atoms with Gasteiger partial charge in [-0.1, -0.05) is 19.8 Å². The van der Waals surface area contributed by atoms with Gasteiger partial charge in [0.25, 0.3) is 0 Å². The van der Waals surface area contributed by atoms with Gasteiger partial charge in [0.15, 0.2) is 0 Å². The Bertz CT molecular complexity index is 375. The van der Waals surface area contributed by atoms with Gasteiger partial charge in [-0.25, -0.2) is 0 Å². The summed E-state index contributed by atoms with van der Waals surface area (Å²) in [6, 6.07) is 0. The van der Waals surface area contributed by atoms with E-state index in [0.29, 0.717) is 18.1 Å². The standard InChI is InChI=1S/C14H22N2O/c1-3-16-10-12(9-15-16)8-14(17)13-6-4-11(2)5-7-13/h9-11,13H,3-8H2,1-2H3. The number of rotatable bonds is 4. The fraction of sp³-hybridized carbons (Fsp3) is 0.714. The number of aryl methyl sites for hydroxylation is 1. The van der Waals surface area contributed by atoms with Crippen molar-refractivity contribution in [2.75, 3.05) is 0 Å². The summed E-state index contributed by atoms with van der Waals surface area (Å²) in [6.45, 7) is 5.21. The van der Waals surface area contributed by atoms with Crippen molar-refractivity contribution in [3.8, 4) is 0 Å². The van der Waals surface area contributed by atoms with Crippen LogP contribution < -0.4 is 0 Å². The second-order valence-corrected chi connectivity index (χ2v) is 5.30. The van der Waals surface area contributed by atoms with E-state index in [1.54, 1.807) is 0 Å². The Morgan fingerprint density at radius 1 is 1.41 bits per heavy atom. The fourth-order valence-corrected chi connectivity index (χ4v) is 2.60. The number of hydrogen-bond acceptors (Lipinski definition) is 2. The van der Waals surface area contributed by atoms with Gasteiger partial charge in [0.05, 0.1) is 6.20 Å². The molecule has 1 aromatic rings. The highest BCUT2D eigenvalue weighted by Gasteiger charge is 2.24. The fourth-order valence-electron chi connectivity index (χ4n) is 2.60. The number of carbonyl (C=O) groups is 1. The van der Waals surface area contributed by atoms with Crippen molar-refractivity contribution in [3.05, 3.63) is 18.0 Å². The minimum atomic E-state index is 0.302. The SMILES string of the molecule is CCn1cc(CC(=O)C2CCC(C)CC2)cn1. The van der Waals surface area contributed by atoms with Crippen LogP contribution in [0, 0.1) is 11.8 Å². The molecule has 3 heteroatoms. The van der Waals surface area contributed by atoms with E-state index >= 15 is 0 Å². The molecular weight excluding hydrogens is 212 g/mol. The molecule has 0 amide bonds. The summed E-state index contributed by atoms with van der Waals surface area (Å²) in [6.07, 6.45) is 8.98. The largest absolute Gasteiger partial charge is 0.299 e. The van der Waals surface area contributed by atoms with Gasteiger partial charge in [-0.05, 0) is 31.2 Å². The van der Waals surface area contributed by atoms with E-state index in [0.717, 1.165) is 30.9 Å². The highest BCUT2D eigenvalue weighted by molar-refractivity contribution is 5.83. The van der Waals surface area contributed by atoms with Gasteiger partial charge in [0.2, 0.25) is 0 Å². The molecule has 0 spiro atoms. The van der Waals surface area contributed by atoms with Gasteiger partial charge < -0.3 is 0 Å². The van der Waals surface area contributed by atoms with Crippen LogP contribution in [0.15, 0.2) is 12.4 Å². The monoisotopic (exact) mass is 234 g/mol. The minimum Gasteiger partial charge on any atom is -0.299 e. The third-order valence-electron chi connectivity index (χ3n) is 3.86. The number of Topliss-reactive ketones (excluding diaryl/α,β-unsaturated/α-hetero) is 1. The van der Waals surface area contributed by atoms with E-state index in [1.807, 2.05) is 17.1 Å². The molecule has 1 aliphatic rings. The van der Waals surface area contributed by atoms with Crippen LogP contribution in [0.5, 0.6) is 0 Å². The summed E-state index contributed by atoms with van der Waals surface area (Å²) in [5.74, 6) is 1.52. The molecule has 17 heavy (non-hydrogen) atoms. The predicted octanol–water partition coefficient (Wildman–Crippen LogP) is 2.84. The molecule has 0 aromatic carbocycles. The lowest BCUT2D eigenvalue weighted by Crippen LogP contribution is -2.22. The zero-order valence-corrected chi connectivity index (χ0v) is 10.9. The smallest absolute Gasteiger partial charge is 0.140 e.